The third-order valence-corrected chi connectivity index (χ3v) is 5.25. The number of piperazine rings is 1. The number of aryl methyl sites for hydroxylation is 1. The number of carbonyl (C=O) groups is 1. The van der Waals surface area contributed by atoms with Crippen LogP contribution in [0.2, 0.25) is 0 Å². The van der Waals surface area contributed by atoms with Gasteiger partial charge in [0.15, 0.2) is 0 Å². The summed E-state index contributed by atoms with van der Waals surface area (Å²) in [5, 5.41) is 12.9. The van der Waals surface area contributed by atoms with Gasteiger partial charge in [0.05, 0.1) is 26.2 Å². The second kappa shape index (κ2) is 7.70. The molecule has 2 aromatic carbocycles. The lowest BCUT2D eigenvalue weighted by Crippen LogP contribution is -2.89. The third-order valence-electron chi connectivity index (χ3n) is 5.25. The fourth-order valence-corrected chi connectivity index (χ4v) is 3.50. The number of aromatic hydroxyl groups is 1. The first-order chi connectivity index (χ1) is 12.1. The van der Waals surface area contributed by atoms with Crippen LogP contribution < -0.4 is 5.32 Å². The molecule has 1 heterocycles. The Morgan fingerprint density at radius 2 is 1.80 bits per heavy atom. The van der Waals surface area contributed by atoms with Gasteiger partial charge in [-0.15, -0.1) is 0 Å². The van der Waals surface area contributed by atoms with E-state index >= 15 is 0 Å². The Kier molecular flexibility index (Phi) is 5.39. The number of hydrogen-bond acceptors (Lipinski definition) is 2. The number of amides is 1. The van der Waals surface area contributed by atoms with Gasteiger partial charge in [-0.3, -0.25) is 4.79 Å². The van der Waals surface area contributed by atoms with Gasteiger partial charge in [0.2, 0.25) is 5.91 Å². The number of phenolic OH excluding ortho intramolecular Hbond substituents is 1. The van der Waals surface area contributed by atoms with Crippen molar-refractivity contribution < 1.29 is 15.2 Å². The van der Waals surface area contributed by atoms with Crippen LogP contribution >= 0.6 is 0 Å². The van der Waals surface area contributed by atoms with E-state index in [9.17, 15) is 9.90 Å². The van der Waals surface area contributed by atoms with Crippen molar-refractivity contribution in [1.82, 2.24) is 4.90 Å². The van der Waals surface area contributed by atoms with Crippen molar-refractivity contribution in [2.45, 2.75) is 26.2 Å². The molecule has 1 saturated heterocycles. The van der Waals surface area contributed by atoms with Crippen LogP contribution in [-0.2, 0) is 4.79 Å². The molecule has 0 radical (unpaired) electrons. The molecule has 25 heavy (non-hydrogen) atoms. The molecular weight excluding hydrogens is 312 g/mol. The van der Waals surface area contributed by atoms with Crippen molar-refractivity contribution in [3.8, 4) is 5.75 Å². The Morgan fingerprint density at radius 3 is 2.48 bits per heavy atom. The minimum Gasteiger partial charge on any atom is -0.507 e. The van der Waals surface area contributed by atoms with Crippen molar-refractivity contribution in [3.63, 3.8) is 0 Å². The van der Waals surface area contributed by atoms with Crippen LogP contribution in [0, 0.1) is 13.8 Å². The number of quaternary nitrogens is 1. The Morgan fingerprint density at radius 1 is 1.12 bits per heavy atom. The number of rotatable bonds is 4. The molecule has 0 aromatic heterocycles. The molecule has 1 atom stereocenters. The molecule has 1 fully saturated rings. The zero-order chi connectivity index (χ0) is 17.8. The highest BCUT2D eigenvalue weighted by Crippen LogP contribution is 2.37. The van der Waals surface area contributed by atoms with Crippen LogP contribution in [-0.4, -0.2) is 42.1 Å². The summed E-state index contributed by atoms with van der Waals surface area (Å²) >= 11 is 0. The lowest BCUT2D eigenvalue weighted by molar-refractivity contribution is -0.662. The maximum Gasteiger partial charge on any atom is 0.223 e. The average molecular weight is 339 g/mol. The standard InChI is InChI=1S/C21H26N2O2/c1-15-8-9-18(21(25)16(15)2)19(17-6-4-3-5-7-17)14-20(24)23-12-10-22-11-13-23/h3-9,19,22,25H,10-14H2,1-2H3/p+1/t19-/m0/s1. The van der Waals surface area contributed by atoms with Crippen LogP contribution in [0.1, 0.15) is 34.6 Å². The largest absolute Gasteiger partial charge is 0.507 e. The summed E-state index contributed by atoms with van der Waals surface area (Å²) < 4.78 is 0. The number of nitrogens with zero attached hydrogens (tertiary/aromatic N) is 1. The Labute approximate surface area is 149 Å². The lowest BCUT2D eigenvalue weighted by atomic mass is 9.85. The van der Waals surface area contributed by atoms with Gasteiger partial charge in [-0.25, -0.2) is 0 Å². The first-order valence-electron chi connectivity index (χ1n) is 9.01. The van der Waals surface area contributed by atoms with Gasteiger partial charge in [-0.1, -0.05) is 42.5 Å². The van der Waals surface area contributed by atoms with E-state index in [1.165, 1.54) is 0 Å². The predicted octanol–water partition coefficient (Wildman–Crippen LogP) is 1.94. The molecule has 0 spiro atoms. The maximum atomic E-state index is 12.8. The molecule has 4 nitrogen and oxygen atoms in total. The van der Waals surface area contributed by atoms with Crippen LogP contribution in [0.5, 0.6) is 5.75 Å². The normalized spacial score (nSPS) is 15.8. The van der Waals surface area contributed by atoms with E-state index in [0.29, 0.717) is 12.2 Å². The minimum absolute atomic E-state index is 0.126. The Balaban J connectivity index is 1.93. The van der Waals surface area contributed by atoms with Crippen molar-refractivity contribution >= 4 is 5.91 Å². The van der Waals surface area contributed by atoms with E-state index in [-0.39, 0.29) is 11.8 Å². The highest BCUT2D eigenvalue weighted by molar-refractivity contribution is 5.78. The van der Waals surface area contributed by atoms with E-state index in [1.807, 2.05) is 61.2 Å². The second-order valence-corrected chi connectivity index (χ2v) is 6.86. The SMILES string of the molecule is Cc1ccc([C@@H](CC(=O)N2CC[NH2+]CC2)c2ccccc2)c(O)c1C. The second-order valence-electron chi connectivity index (χ2n) is 6.86. The summed E-state index contributed by atoms with van der Waals surface area (Å²) in [6, 6.07) is 14.0. The van der Waals surface area contributed by atoms with E-state index in [0.717, 1.165) is 48.4 Å². The summed E-state index contributed by atoms with van der Waals surface area (Å²) in [5.41, 5.74) is 3.86. The number of carbonyl (C=O) groups excluding carboxylic acids is 1. The van der Waals surface area contributed by atoms with Crippen molar-refractivity contribution in [2.75, 3.05) is 26.2 Å². The molecule has 1 aliphatic heterocycles. The molecule has 3 N–H and O–H groups in total. The molecule has 0 aliphatic carbocycles. The van der Waals surface area contributed by atoms with Crippen molar-refractivity contribution in [1.29, 1.82) is 0 Å². The summed E-state index contributed by atoms with van der Waals surface area (Å²) in [7, 11) is 0. The summed E-state index contributed by atoms with van der Waals surface area (Å²) in [4.78, 5) is 14.8. The van der Waals surface area contributed by atoms with Gasteiger partial charge in [0.1, 0.15) is 5.75 Å². The molecule has 0 saturated carbocycles. The minimum atomic E-state index is -0.126. The molecule has 0 bridgehead atoms. The van der Waals surface area contributed by atoms with Gasteiger partial charge < -0.3 is 15.3 Å². The predicted molar refractivity (Wildman–Crippen MR) is 98.7 cm³/mol. The van der Waals surface area contributed by atoms with E-state index in [1.54, 1.807) is 0 Å². The molecule has 1 aliphatic rings. The topological polar surface area (TPSA) is 57.2 Å². The highest BCUT2D eigenvalue weighted by atomic mass is 16.3. The molecular formula is C21H27N2O2+. The number of phenols is 1. The zero-order valence-corrected chi connectivity index (χ0v) is 15.0. The Hall–Kier alpha value is -2.33. The van der Waals surface area contributed by atoms with Gasteiger partial charge in [0, 0.05) is 17.9 Å². The van der Waals surface area contributed by atoms with Crippen LogP contribution in [0.4, 0.5) is 0 Å². The lowest BCUT2D eigenvalue weighted by Gasteiger charge is -2.28. The van der Waals surface area contributed by atoms with Crippen LogP contribution in [0.25, 0.3) is 0 Å². The van der Waals surface area contributed by atoms with Crippen molar-refractivity contribution in [3.05, 3.63) is 64.7 Å². The quantitative estimate of drug-likeness (QED) is 0.894. The summed E-state index contributed by atoms with van der Waals surface area (Å²) in [6.07, 6.45) is 0.389. The summed E-state index contributed by atoms with van der Waals surface area (Å²) in [5.74, 6) is 0.354. The van der Waals surface area contributed by atoms with Crippen LogP contribution in [0.15, 0.2) is 42.5 Å². The number of nitrogens with two attached hydrogens (primary N) is 1. The monoisotopic (exact) mass is 339 g/mol. The molecule has 132 valence electrons. The first-order valence-corrected chi connectivity index (χ1v) is 9.01. The van der Waals surface area contributed by atoms with E-state index < -0.39 is 0 Å². The van der Waals surface area contributed by atoms with Crippen LogP contribution in [0.3, 0.4) is 0 Å². The maximum absolute atomic E-state index is 12.8. The van der Waals surface area contributed by atoms with E-state index in [4.69, 9.17) is 0 Å². The van der Waals surface area contributed by atoms with Gasteiger partial charge in [0.25, 0.3) is 0 Å². The molecule has 4 heteroatoms. The average Bonchev–Trinajstić information content (AvgIpc) is 2.66. The van der Waals surface area contributed by atoms with Crippen molar-refractivity contribution in [2.24, 2.45) is 0 Å². The number of benzene rings is 2. The van der Waals surface area contributed by atoms with E-state index in [2.05, 4.69) is 5.32 Å². The molecule has 1 amide bonds. The number of hydrogen-bond donors (Lipinski definition) is 2. The van der Waals surface area contributed by atoms with Gasteiger partial charge in [-0.05, 0) is 30.5 Å². The molecule has 2 aromatic rings. The molecule has 0 unspecified atom stereocenters. The molecule has 3 rings (SSSR count). The first kappa shape index (κ1) is 17.5. The fraction of sp³-hybridized carbons (Fsp3) is 0.381. The smallest absolute Gasteiger partial charge is 0.223 e. The highest BCUT2D eigenvalue weighted by Gasteiger charge is 2.26. The fourth-order valence-electron chi connectivity index (χ4n) is 3.50. The van der Waals surface area contributed by atoms with Gasteiger partial charge >= 0.3 is 0 Å². The Bertz CT molecular complexity index is 737. The van der Waals surface area contributed by atoms with Gasteiger partial charge in [-0.2, -0.15) is 0 Å². The third kappa shape index (κ3) is 3.85. The summed E-state index contributed by atoms with van der Waals surface area (Å²) in [6.45, 7) is 7.47. The zero-order valence-electron chi connectivity index (χ0n) is 15.0.